The normalized spacial score (nSPS) is 7.50. The summed E-state index contributed by atoms with van der Waals surface area (Å²) in [5, 5.41) is 0. The Morgan fingerprint density at radius 3 is 2.00 bits per heavy atom. The van der Waals surface area contributed by atoms with E-state index in [0.717, 1.165) is 5.69 Å². The maximum atomic E-state index is 5.34. The van der Waals surface area contributed by atoms with Crippen molar-refractivity contribution in [3.63, 3.8) is 0 Å². The van der Waals surface area contributed by atoms with Crippen molar-refractivity contribution in [2.75, 3.05) is 5.73 Å². The summed E-state index contributed by atoms with van der Waals surface area (Å²) >= 11 is 0. The molecule has 0 aliphatic heterocycles. The molecule has 0 bridgehead atoms. The van der Waals surface area contributed by atoms with Crippen LogP contribution in [-0.2, 0) is 0 Å². The monoisotopic (exact) mass is 115 g/mol. The van der Waals surface area contributed by atoms with Crippen LogP contribution in [0.1, 0.15) is 0 Å². The molecule has 0 aromatic heterocycles. The van der Waals surface area contributed by atoms with Crippen LogP contribution in [0.25, 0.3) is 0 Å². The number of hydrogen-bond acceptors (Lipinski definition) is 1. The molecule has 2 N–H and O–H groups in total. The van der Waals surface area contributed by atoms with E-state index in [1.165, 1.54) is 0 Å². The van der Waals surface area contributed by atoms with Gasteiger partial charge in [-0.05, 0) is 0 Å². The zero-order chi connectivity index (χ0) is 5.11. The molecule has 0 aliphatic rings. The first-order valence-electron chi connectivity index (χ1n) is 2.11. The SMILES string of the molecule is Nc1cc[c-]cc1.[Na+]. The van der Waals surface area contributed by atoms with Crippen LogP contribution < -0.4 is 35.3 Å². The van der Waals surface area contributed by atoms with Crippen LogP contribution >= 0.6 is 0 Å². The molecule has 36 valence electrons. The summed E-state index contributed by atoms with van der Waals surface area (Å²) in [7, 11) is 0. The van der Waals surface area contributed by atoms with Gasteiger partial charge < -0.3 is 5.73 Å². The Bertz CT molecular complexity index is 138. The Balaban J connectivity index is 0.000000490. The van der Waals surface area contributed by atoms with Gasteiger partial charge in [0, 0.05) is 0 Å². The van der Waals surface area contributed by atoms with Crippen LogP contribution in [0.2, 0.25) is 0 Å². The van der Waals surface area contributed by atoms with E-state index in [-0.39, 0.29) is 29.6 Å². The molecule has 2 heteroatoms. The molecule has 0 unspecified atom stereocenters. The average Bonchev–Trinajstić information content (AvgIpc) is 1.69. The Hall–Kier alpha value is 0.0200. The van der Waals surface area contributed by atoms with E-state index in [0.29, 0.717) is 0 Å². The van der Waals surface area contributed by atoms with E-state index in [4.69, 9.17) is 5.73 Å². The van der Waals surface area contributed by atoms with Crippen molar-refractivity contribution < 1.29 is 29.6 Å². The Kier molecular flexibility index (Phi) is 3.97. The number of hydrogen-bond donors (Lipinski definition) is 1. The van der Waals surface area contributed by atoms with E-state index in [1.807, 2.05) is 0 Å². The molecule has 0 heterocycles. The standard InChI is InChI=1S/C6H6N.Na/c7-6-4-2-1-3-5-6;/h2-5H,7H2;/q-1;+1. The molecule has 0 radical (unpaired) electrons. The van der Waals surface area contributed by atoms with Gasteiger partial charge in [0.25, 0.3) is 0 Å². The minimum Gasteiger partial charge on any atom is -0.419 e. The average molecular weight is 115 g/mol. The molecule has 1 aromatic rings. The molecule has 0 spiro atoms. The smallest absolute Gasteiger partial charge is 0.419 e. The third-order valence-electron chi connectivity index (χ3n) is 0.744. The fourth-order valence-corrected chi connectivity index (χ4v) is 0.400. The van der Waals surface area contributed by atoms with E-state index < -0.39 is 0 Å². The third-order valence-corrected chi connectivity index (χ3v) is 0.744. The summed E-state index contributed by atoms with van der Waals surface area (Å²) in [6.07, 6.45) is 0. The van der Waals surface area contributed by atoms with Gasteiger partial charge in [-0.2, -0.15) is 18.2 Å². The third kappa shape index (κ3) is 2.36. The van der Waals surface area contributed by atoms with E-state index in [2.05, 4.69) is 6.07 Å². The summed E-state index contributed by atoms with van der Waals surface area (Å²) in [6.45, 7) is 0. The van der Waals surface area contributed by atoms with Crippen LogP contribution in [0, 0.1) is 6.07 Å². The van der Waals surface area contributed by atoms with E-state index in [9.17, 15) is 0 Å². The molecule has 1 aromatic carbocycles. The molecule has 0 saturated carbocycles. The molecule has 1 nitrogen and oxygen atoms in total. The predicted octanol–water partition coefficient (Wildman–Crippen LogP) is -1.93. The number of rotatable bonds is 0. The first-order valence-corrected chi connectivity index (χ1v) is 2.11. The van der Waals surface area contributed by atoms with Crippen LogP contribution in [0.3, 0.4) is 0 Å². The molecule has 8 heavy (non-hydrogen) atoms. The van der Waals surface area contributed by atoms with Crippen molar-refractivity contribution in [3.05, 3.63) is 30.3 Å². The molecule has 0 atom stereocenters. The molecule has 0 amide bonds. The zero-order valence-electron chi connectivity index (χ0n) is 4.89. The minimum atomic E-state index is 0. The van der Waals surface area contributed by atoms with Gasteiger partial charge in [0.15, 0.2) is 0 Å². The maximum absolute atomic E-state index is 5.34. The van der Waals surface area contributed by atoms with Gasteiger partial charge in [-0.25, -0.2) is 0 Å². The fourth-order valence-electron chi connectivity index (χ4n) is 0.400. The predicted molar refractivity (Wildman–Crippen MR) is 29.7 cm³/mol. The molecule has 0 aliphatic carbocycles. The molecule has 1 rings (SSSR count). The quantitative estimate of drug-likeness (QED) is 0.238. The van der Waals surface area contributed by atoms with Gasteiger partial charge in [0.2, 0.25) is 0 Å². The number of anilines is 1. The Morgan fingerprint density at radius 2 is 1.75 bits per heavy atom. The van der Waals surface area contributed by atoms with Crippen molar-refractivity contribution in [1.29, 1.82) is 0 Å². The summed E-state index contributed by atoms with van der Waals surface area (Å²) in [6, 6.07) is 10.0. The van der Waals surface area contributed by atoms with Crippen molar-refractivity contribution in [2.45, 2.75) is 0 Å². The summed E-state index contributed by atoms with van der Waals surface area (Å²) < 4.78 is 0. The minimum absolute atomic E-state index is 0. The Labute approximate surface area is 71.2 Å². The van der Waals surface area contributed by atoms with Crippen LogP contribution in [0.5, 0.6) is 0 Å². The van der Waals surface area contributed by atoms with Crippen molar-refractivity contribution in [2.24, 2.45) is 0 Å². The van der Waals surface area contributed by atoms with Crippen molar-refractivity contribution in [3.8, 4) is 0 Å². The maximum Gasteiger partial charge on any atom is 1.00 e. The number of nitrogen functional groups attached to an aromatic ring is 1. The van der Waals surface area contributed by atoms with E-state index in [1.54, 1.807) is 24.3 Å². The Morgan fingerprint density at radius 1 is 1.25 bits per heavy atom. The van der Waals surface area contributed by atoms with Gasteiger partial charge in [-0.15, -0.1) is 12.1 Å². The van der Waals surface area contributed by atoms with Crippen LogP contribution in [0.4, 0.5) is 5.69 Å². The number of benzene rings is 1. The van der Waals surface area contributed by atoms with Crippen molar-refractivity contribution >= 4 is 5.69 Å². The summed E-state index contributed by atoms with van der Waals surface area (Å²) in [4.78, 5) is 0. The molecular weight excluding hydrogens is 109 g/mol. The topological polar surface area (TPSA) is 26.0 Å². The van der Waals surface area contributed by atoms with E-state index >= 15 is 0 Å². The molecular formula is C6H6NNa. The summed E-state index contributed by atoms with van der Waals surface area (Å²) in [5.41, 5.74) is 6.13. The van der Waals surface area contributed by atoms with Crippen LogP contribution in [0.15, 0.2) is 24.3 Å². The second-order valence-electron chi connectivity index (χ2n) is 1.33. The number of nitrogens with two attached hydrogens (primary N) is 1. The fraction of sp³-hybridized carbons (Fsp3) is 0. The largest absolute Gasteiger partial charge is 1.00 e. The second kappa shape index (κ2) is 3.96. The van der Waals surface area contributed by atoms with Gasteiger partial charge in [0.05, 0.1) is 0 Å². The second-order valence-corrected chi connectivity index (χ2v) is 1.33. The van der Waals surface area contributed by atoms with Crippen LogP contribution in [-0.4, -0.2) is 0 Å². The van der Waals surface area contributed by atoms with Gasteiger partial charge >= 0.3 is 29.6 Å². The summed E-state index contributed by atoms with van der Waals surface area (Å²) in [5.74, 6) is 0. The first kappa shape index (κ1) is 8.02. The molecule has 0 fully saturated rings. The van der Waals surface area contributed by atoms with Gasteiger partial charge in [0.1, 0.15) is 0 Å². The van der Waals surface area contributed by atoms with Gasteiger partial charge in [-0.3, -0.25) is 0 Å². The van der Waals surface area contributed by atoms with Gasteiger partial charge in [-0.1, -0.05) is 5.69 Å². The van der Waals surface area contributed by atoms with Crippen molar-refractivity contribution in [1.82, 2.24) is 0 Å². The molecule has 0 saturated heterocycles. The first-order chi connectivity index (χ1) is 3.39. The zero-order valence-corrected chi connectivity index (χ0v) is 6.89.